The molecule has 1 aromatic carbocycles. The minimum Gasteiger partial charge on any atom is -0.481 e. The fraction of sp³-hybridized carbons (Fsp3) is 0.385. The highest BCUT2D eigenvalue weighted by Gasteiger charge is 2.26. The van der Waals surface area contributed by atoms with E-state index >= 15 is 0 Å². The molecule has 2 rings (SSSR count). The molecule has 0 radical (unpaired) electrons. The molecule has 0 aliphatic carbocycles. The number of carboxylic acids is 1. The number of rotatable bonds is 2. The van der Waals surface area contributed by atoms with E-state index in [0.29, 0.717) is 25.2 Å². The Balaban J connectivity index is 2.26. The number of halogens is 1. The standard InChI is InChI=1S/C13H13FN2O2/c14-11-3-4-12(10(6-11)7-15)16-5-1-2-9(8-16)13(17)18/h3-4,6,9H,1-2,5,8H2,(H,17,18)/t9-/m0/s1. The van der Waals surface area contributed by atoms with E-state index in [-0.39, 0.29) is 5.56 Å². The molecule has 0 amide bonds. The third-order valence-electron chi connectivity index (χ3n) is 3.19. The van der Waals surface area contributed by atoms with Crippen molar-refractivity contribution < 1.29 is 14.3 Å². The maximum Gasteiger partial charge on any atom is 0.308 e. The maximum atomic E-state index is 13.0. The summed E-state index contributed by atoms with van der Waals surface area (Å²) in [6.45, 7) is 1.07. The summed E-state index contributed by atoms with van der Waals surface area (Å²) >= 11 is 0. The van der Waals surface area contributed by atoms with Crippen molar-refractivity contribution >= 4 is 11.7 Å². The number of carboxylic acid groups (broad SMARTS) is 1. The first-order valence-corrected chi connectivity index (χ1v) is 5.79. The van der Waals surface area contributed by atoms with E-state index in [4.69, 9.17) is 10.4 Å². The Morgan fingerprint density at radius 2 is 2.33 bits per heavy atom. The molecule has 1 saturated heterocycles. The second kappa shape index (κ2) is 5.05. The fourth-order valence-electron chi connectivity index (χ4n) is 2.27. The van der Waals surface area contributed by atoms with Crippen LogP contribution in [0.1, 0.15) is 18.4 Å². The quantitative estimate of drug-likeness (QED) is 0.869. The highest BCUT2D eigenvalue weighted by molar-refractivity contribution is 5.72. The van der Waals surface area contributed by atoms with E-state index in [2.05, 4.69) is 0 Å². The zero-order valence-electron chi connectivity index (χ0n) is 9.77. The normalized spacial score (nSPS) is 19.3. The van der Waals surface area contributed by atoms with Crippen LogP contribution in [0.3, 0.4) is 0 Å². The highest BCUT2D eigenvalue weighted by Crippen LogP contribution is 2.26. The van der Waals surface area contributed by atoms with Gasteiger partial charge in [0, 0.05) is 13.1 Å². The van der Waals surface area contributed by atoms with Crippen molar-refractivity contribution in [2.24, 2.45) is 5.92 Å². The number of piperidine rings is 1. The lowest BCUT2D eigenvalue weighted by Gasteiger charge is -2.33. The third kappa shape index (κ3) is 2.43. The number of nitrogens with zero attached hydrogens (tertiary/aromatic N) is 2. The molecule has 18 heavy (non-hydrogen) atoms. The van der Waals surface area contributed by atoms with E-state index < -0.39 is 17.7 Å². The molecule has 0 unspecified atom stereocenters. The molecule has 1 fully saturated rings. The van der Waals surface area contributed by atoms with Gasteiger partial charge in [0.15, 0.2) is 0 Å². The lowest BCUT2D eigenvalue weighted by atomic mass is 9.97. The topological polar surface area (TPSA) is 64.3 Å². The van der Waals surface area contributed by atoms with Crippen molar-refractivity contribution in [2.45, 2.75) is 12.8 Å². The molecule has 1 N–H and O–H groups in total. The number of aliphatic carboxylic acids is 1. The molecule has 0 bridgehead atoms. The molecule has 5 heteroatoms. The molecule has 1 aliphatic rings. The Morgan fingerprint density at radius 3 is 3.00 bits per heavy atom. The van der Waals surface area contributed by atoms with Crippen LogP contribution in [-0.2, 0) is 4.79 Å². The van der Waals surface area contributed by atoms with E-state index in [1.54, 1.807) is 0 Å². The molecular weight excluding hydrogens is 235 g/mol. The summed E-state index contributed by atoms with van der Waals surface area (Å²) in [6, 6.07) is 5.96. The molecule has 94 valence electrons. The summed E-state index contributed by atoms with van der Waals surface area (Å²) in [5.41, 5.74) is 0.867. The predicted molar refractivity (Wildman–Crippen MR) is 63.7 cm³/mol. The molecule has 1 atom stereocenters. The third-order valence-corrected chi connectivity index (χ3v) is 3.19. The van der Waals surface area contributed by atoms with Crippen LogP contribution in [0.4, 0.5) is 10.1 Å². The van der Waals surface area contributed by atoms with Crippen LogP contribution in [0.2, 0.25) is 0 Å². The Hall–Kier alpha value is -2.09. The van der Waals surface area contributed by atoms with Gasteiger partial charge in [0.1, 0.15) is 11.9 Å². The van der Waals surface area contributed by atoms with Crippen LogP contribution in [0.15, 0.2) is 18.2 Å². The van der Waals surface area contributed by atoms with Crippen molar-refractivity contribution in [3.05, 3.63) is 29.6 Å². The first-order chi connectivity index (χ1) is 8.61. The lowest BCUT2D eigenvalue weighted by molar-refractivity contribution is -0.141. The van der Waals surface area contributed by atoms with Crippen LogP contribution >= 0.6 is 0 Å². The van der Waals surface area contributed by atoms with Gasteiger partial charge in [-0.2, -0.15) is 5.26 Å². The molecule has 1 aromatic rings. The Kier molecular flexibility index (Phi) is 3.47. The van der Waals surface area contributed by atoms with Crippen LogP contribution in [-0.4, -0.2) is 24.2 Å². The summed E-state index contributed by atoms with van der Waals surface area (Å²) in [6.07, 6.45) is 1.41. The van der Waals surface area contributed by atoms with Crippen LogP contribution in [0.5, 0.6) is 0 Å². The first-order valence-electron chi connectivity index (χ1n) is 5.79. The van der Waals surface area contributed by atoms with Crippen molar-refractivity contribution in [3.8, 4) is 6.07 Å². The molecule has 4 nitrogen and oxygen atoms in total. The molecule has 0 aromatic heterocycles. The largest absolute Gasteiger partial charge is 0.481 e. The monoisotopic (exact) mass is 248 g/mol. The van der Waals surface area contributed by atoms with E-state index in [0.717, 1.165) is 6.42 Å². The van der Waals surface area contributed by atoms with Crippen molar-refractivity contribution in [3.63, 3.8) is 0 Å². The van der Waals surface area contributed by atoms with Crippen LogP contribution in [0, 0.1) is 23.1 Å². The first kappa shape index (κ1) is 12.4. The van der Waals surface area contributed by atoms with Crippen LogP contribution < -0.4 is 4.90 Å². The minimum atomic E-state index is -0.819. The zero-order chi connectivity index (χ0) is 13.1. The van der Waals surface area contributed by atoms with Crippen molar-refractivity contribution in [1.29, 1.82) is 5.26 Å². The summed E-state index contributed by atoms with van der Waals surface area (Å²) in [5, 5.41) is 18.0. The second-order valence-corrected chi connectivity index (χ2v) is 4.40. The van der Waals surface area contributed by atoms with Gasteiger partial charge in [-0.25, -0.2) is 4.39 Å². The van der Waals surface area contributed by atoms with Gasteiger partial charge in [0.05, 0.1) is 17.2 Å². The Bertz CT molecular complexity index is 510. The fourth-order valence-corrected chi connectivity index (χ4v) is 2.27. The van der Waals surface area contributed by atoms with Gasteiger partial charge in [-0.1, -0.05) is 0 Å². The number of hydrogen-bond acceptors (Lipinski definition) is 3. The zero-order valence-corrected chi connectivity index (χ0v) is 9.77. The minimum absolute atomic E-state index is 0.251. The molecule has 1 aliphatic heterocycles. The van der Waals surface area contributed by atoms with Crippen molar-refractivity contribution in [1.82, 2.24) is 0 Å². The predicted octanol–water partition coefficient (Wildman–Crippen LogP) is 2.00. The van der Waals surface area contributed by atoms with Gasteiger partial charge in [0.2, 0.25) is 0 Å². The average Bonchev–Trinajstić information content (AvgIpc) is 2.38. The van der Waals surface area contributed by atoms with Gasteiger partial charge >= 0.3 is 5.97 Å². The van der Waals surface area contributed by atoms with Gasteiger partial charge in [0.25, 0.3) is 0 Å². The molecular formula is C13H13FN2O2. The summed E-state index contributed by atoms with van der Waals surface area (Å²) in [4.78, 5) is 12.8. The number of carbonyl (C=O) groups is 1. The van der Waals surface area contributed by atoms with Crippen LogP contribution in [0.25, 0.3) is 0 Å². The summed E-state index contributed by atoms with van der Waals surface area (Å²) in [5.74, 6) is -1.70. The van der Waals surface area contributed by atoms with E-state index in [1.165, 1.54) is 18.2 Å². The smallest absolute Gasteiger partial charge is 0.308 e. The van der Waals surface area contributed by atoms with Gasteiger partial charge in [-0.15, -0.1) is 0 Å². The lowest BCUT2D eigenvalue weighted by Crippen LogP contribution is -2.39. The average molecular weight is 248 g/mol. The number of benzene rings is 1. The molecule has 0 saturated carbocycles. The van der Waals surface area contributed by atoms with Gasteiger partial charge < -0.3 is 10.0 Å². The number of hydrogen-bond donors (Lipinski definition) is 1. The Labute approximate surface area is 104 Å². The SMILES string of the molecule is N#Cc1cc(F)ccc1N1CCC[C@H](C(=O)O)C1. The maximum absolute atomic E-state index is 13.0. The Morgan fingerprint density at radius 1 is 1.56 bits per heavy atom. The highest BCUT2D eigenvalue weighted by atomic mass is 19.1. The summed E-state index contributed by atoms with van der Waals surface area (Å²) in [7, 11) is 0. The van der Waals surface area contributed by atoms with E-state index in [9.17, 15) is 9.18 Å². The van der Waals surface area contributed by atoms with Crippen molar-refractivity contribution in [2.75, 3.05) is 18.0 Å². The van der Waals surface area contributed by atoms with E-state index in [1.807, 2.05) is 11.0 Å². The number of nitriles is 1. The summed E-state index contributed by atoms with van der Waals surface area (Å²) < 4.78 is 13.0. The second-order valence-electron chi connectivity index (χ2n) is 4.40. The number of anilines is 1. The van der Waals surface area contributed by atoms with Gasteiger partial charge in [-0.05, 0) is 31.0 Å². The van der Waals surface area contributed by atoms with Gasteiger partial charge in [-0.3, -0.25) is 4.79 Å². The molecule has 0 spiro atoms. The molecule has 1 heterocycles.